The lowest BCUT2D eigenvalue weighted by Gasteiger charge is -2.20. The summed E-state index contributed by atoms with van der Waals surface area (Å²) in [6.45, 7) is 0.323. The summed E-state index contributed by atoms with van der Waals surface area (Å²) in [7, 11) is 1.59. The van der Waals surface area contributed by atoms with Gasteiger partial charge in [-0.3, -0.25) is 9.59 Å². The van der Waals surface area contributed by atoms with Gasteiger partial charge in [-0.25, -0.2) is 0 Å². The molecule has 1 aliphatic carbocycles. The maximum atomic E-state index is 12.7. The fourth-order valence-electron chi connectivity index (χ4n) is 4.04. The summed E-state index contributed by atoms with van der Waals surface area (Å²) in [5.41, 5.74) is 2.18. The summed E-state index contributed by atoms with van der Waals surface area (Å²) in [6.07, 6.45) is 3.54. The van der Waals surface area contributed by atoms with Crippen molar-refractivity contribution in [2.24, 2.45) is 5.92 Å². The summed E-state index contributed by atoms with van der Waals surface area (Å²) in [4.78, 5) is 31.6. The van der Waals surface area contributed by atoms with E-state index in [4.69, 9.17) is 9.26 Å². The van der Waals surface area contributed by atoms with Crippen LogP contribution in [0.5, 0.6) is 5.75 Å². The molecule has 1 N–H and O–H groups in total. The van der Waals surface area contributed by atoms with Crippen molar-refractivity contribution in [1.29, 1.82) is 0 Å². The molecule has 3 aromatic rings. The van der Waals surface area contributed by atoms with Gasteiger partial charge in [0.15, 0.2) is 0 Å². The average Bonchev–Trinajstić information content (AvgIpc) is 3.40. The standard InChI is InChI=1S/C24H24N4O4/c1-31-20-10-8-18(9-11-20)25-23(30)17-13-21(29)28(14-17)19-7-3-6-16(12-19)22-26-24(32-27-22)15-4-2-5-15/h3,6-12,15,17H,2,4-5,13-14H2,1H3,(H,25,30)/t17-/m1/s1. The Hall–Kier alpha value is -3.68. The van der Waals surface area contributed by atoms with Gasteiger partial charge in [-0.15, -0.1) is 0 Å². The van der Waals surface area contributed by atoms with Crippen LogP contribution in [0, 0.1) is 5.92 Å². The lowest BCUT2D eigenvalue weighted by atomic mass is 9.85. The van der Waals surface area contributed by atoms with Gasteiger partial charge in [0.25, 0.3) is 0 Å². The summed E-state index contributed by atoms with van der Waals surface area (Å²) < 4.78 is 10.6. The third kappa shape index (κ3) is 3.95. The van der Waals surface area contributed by atoms with Gasteiger partial charge in [0.2, 0.25) is 23.5 Å². The van der Waals surface area contributed by atoms with Gasteiger partial charge in [-0.1, -0.05) is 23.7 Å². The molecule has 164 valence electrons. The van der Waals surface area contributed by atoms with Gasteiger partial charge in [0, 0.05) is 35.8 Å². The molecular formula is C24H24N4O4. The van der Waals surface area contributed by atoms with Crippen LogP contribution in [0.3, 0.4) is 0 Å². The molecule has 1 aliphatic heterocycles. The smallest absolute Gasteiger partial charge is 0.230 e. The van der Waals surface area contributed by atoms with E-state index in [1.165, 1.54) is 6.42 Å². The SMILES string of the molecule is COc1ccc(NC(=O)[C@@H]2CC(=O)N(c3cccc(-c4noc(C5CCC5)n4)c3)C2)cc1. The molecule has 0 bridgehead atoms. The van der Waals surface area contributed by atoms with E-state index < -0.39 is 5.92 Å². The molecule has 0 radical (unpaired) electrons. The minimum Gasteiger partial charge on any atom is -0.497 e. The van der Waals surface area contributed by atoms with E-state index in [2.05, 4.69) is 15.5 Å². The number of benzene rings is 2. The topological polar surface area (TPSA) is 97.6 Å². The number of nitrogens with one attached hydrogen (secondary N) is 1. The molecule has 2 fully saturated rings. The number of carbonyl (C=O) groups excluding carboxylic acids is 2. The monoisotopic (exact) mass is 432 g/mol. The van der Waals surface area contributed by atoms with Crippen LogP contribution < -0.4 is 15.0 Å². The highest BCUT2D eigenvalue weighted by atomic mass is 16.5. The molecule has 2 aliphatic rings. The zero-order valence-corrected chi connectivity index (χ0v) is 17.8. The van der Waals surface area contributed by atoms with Crippen LogP contribution in [0.2, 0.25) is 0 Å². The maximum absolute atomic E-state index is 12.7. The molecule has 1 aromatic heterocycles. The normalized spacial score (nSPS) is 18.5. The molecule has 2 amide bonds. The zero-order chi connectivity index (χ0) is 22.1. The molecule has 0 unspecified atom stereocenters. The number of ether oxygens (including phenoxy) is 1. The van der Waals surface area contributed by atoms with E-state index in [1.807, 2.05) is 24.3 Å². The van der Waals surface area contributed by atoms with Crippen molar-refractivity contribution in [3.63, 3.8) is 0 Å². The third-order valence-electron chi connectivity index (χ3n) is 6.17. The third-order valence-corrected chi connectivity index (χ3v) is 6.17. The lowest BCUT2D eigenvalue weighted by Crippen LogP contribution is -2.28. The van der Waals surface area contributed by atoms with Gasteiger partial charge >= 0.3 is 0 Å². The first kappa shape index (κ1) is 20.2. The summed E-state index contributed by atoms with van der Waals surface area (Å²) in [5, 5.41) is 7.00. The Bertz CT molecular complexity index is 1140. The predicted molar refractivity (Wildman–Crippen MR) is 118 cm³/mol. The number of carbonyl (C=O) groups is 2. The highest BCUT2D eigenvalue weighted by molar-refractivity contribution is 6.03. The minimum atomic E-state index is -0.427. The zero-order valence-electron chi connectivity index (χ0n) is 17.8. The van der Waals surface area contributed by atoms with Crippen molar-refractivity contribution in [1.82, 2.24) is 10.1 Å². The van der Waals surface area contributed by atoms with Crippen LogP contribution in [0.1, 0.15) is 37.5 Å². The molecule has 32 heavy (non-hydrogen) atoms. The summed E-state index contributed by atoms with van der Waals surface area (Å²) >= 11 is 0. The molecule has 1 saturated carbocycles. The molecule has 2 heterocycles. The number of nitrogens with zero attached hydrogens (tertiary/aromatic N) is 3. The first-order valence-electron chi connectivity index (χ1n) is 10.8. The minimum absolute atomic E-state index is 0.0831. The Kier molecular flexibility index (Phi) is 5.34. The summed E-state index contributed by atoms with van der Waals surface area (Å²) in [5.74, 6) is 1.60. The van der Waals surface area contributed by atoms with Gasteiger partial charge in [0.05, 0.1) is 13.0 Å². The Balaban J connectivity index is 1.28. The van der Waals surface area contributed by atoms with Crippen molar-refractivity contribution in [2.75, 3.05) is 23.9 Å². The van der Waals surface area contributed by atoms with Gasteiger partial charge in [0.1, 0.15) is 5.75 Å². The van der Waals surface area contributed by atoms with Crippen molar-refractivity contribution in [2.45, 2.75) is 31.6 Å². The van der Waals surface area contributed by atoms with E-state index in [1.54, 1.807) is 36.3 Å². The fourth-order valence-corrected chi connectivity index (χ4v) is 4.04. The van der Waals surface area contributed by atoms with E-state index in [-0.39, 0.29) is 18.2 Å². The van der Waals surface area contributed by atoms with Crippen LogP contribution in [-0.4, -0.2) is 35.6 Å². The maximum Gasteiger partial charge on any atom is 0.230 e. The Morgan fingerprint density at radius 2 is 2.00 bits per heavy atom. The number of aromatic nitrogens is 2. The Labute approximate surface area is 185 Å². The van der Waals surface area contributed by atoms with Crippen molar-refractivity contribution >= 4 is 23.2 Å². The average molecular weight is 432 g/mol. The number of anilines is 2. The Morgan fingerprint density at radius 1 is 1.19 bits per heavy atom. The van der Waals surface area contributed by atoms with Crippen LogP contribution in [-0.2, 0) is 9.59 Å². The van der Waals surface area contributed by atoms with Crippen LogP contribution in [0.25, 0.3) is 11.4 Å². The van der Waals surface area contributed by atoms with E-state index in [0.29, 0.717) is 35.6 Å². The molecular weight excluding hydrogens is 408 g/mol. The molecule has 5 rings (SSSR count). The Morgan fingerprint density at radius 3 is 2.72 bits per heavy atom. The van der Waals surface area contributed by atoms with Gasteiger partial charge < -0.3 is 19.5 Å². The second-order valence-electron chi connectivity index (χ2n) is 8.26. The highest BCUT2D eigenvalue weighted by Gasteiger charge is 2.35. The van der Waals surface area contributed by atoms with E-state index >= 15 is 0 Å². The molecule has 1 saturated heterocycles. The van der Waals surface area contributed by atoms with Gasteiger partial charge in [-0.2, -0.15) is 4.98 Å². The number of hydrogen-bond acceptors (Lipinski definition) is 6. The summed E-state index contributed by atoms with van der Waals surface area (Å²) in [6, 6.07) is 14.6. The first-order valence-corrected chi connectivity index (χ1v) is 10.8. The second-order valence-corrected chi connectivity index (χ2v) is 8.26. The number of amides is 2. The van der Waals surface area contributed by atoms with Crippen LogP contribution in [0.4, 0.5) is 11.4 Å². The van der Waals surface area contributed by atoms with Crippen LogP contribution >= 0.6 is 0 Å². The predicted octanol–water partition coefficient (Wildman–Crippen LogP) is 4.00. The van der Waals surface area contributed by atoms with Crippen molar-refractivity contribution in [3.05, 3.63) is 54.4 Å². The highest BCUT2D eigenvalue weighted by Crippen LogP contribution is 2.36. The number of hydrogen-bond donors (Lipinski definition) is 1. The van der Waals surface area contributed by atoms with Gasteiger partial charge in [-0.05, 0) is 49.2 Å². The molecule has 2 aromatic carbocycles. The van der Waals surface area contributed by atoms with Crippen LogP contribution in [0.15, 0.2) is 53.1 Å². The molecule has 8 heteroatoms. The fraction of sp³-hybridized carbons (Fsp3) is 0.333. The molecule has 8 nitrogen and oxygen atoms in total. The first-order chi connectivity index (χ1) is 15.6. The molecule has 0 spiro atoms. The van der Waals surface area contributed by atoms with Crippen molar-refractivity contribution in [3.8, 4) is 17.1 Å². The largest absolute Gasteiger partial charge is 0.497 e. The number of rotatable bonds is 6. The van der Waals surface area contributed by atoms with E-state index in [0.717, 1.165) is 24.1 Å². The second kappa shape index (κ2) is 8.45. The van der Waals surface area contributed by atoms with E-state index in [9.17, 15) is 9.59 Å². The quantitative estimate of drug-likeness (QED) is 0.632. The molecule has 1 atom stereocenters. The number of methoxy groups -OCH3 is 1. The lowest BCUT2D eigenvalue weighted by molar-refractivity contribution is -0.122. The van der Waals surface area contributed by atoms with Crippen molar-refractivity contribution < 1.29 is 18.8 Å².